The van der Waals surface area contributed by atoms with Crippen LogP contribution < -0.4 is 4.90 Å². The molecule has 1 aliphatic rings. The largest absolute Gasteiger partial charge is 0.352 e. The third-order valence-electron chi connectivity index (χ3n) is 4.43. The number of carbonyl (C=O) groups is 1. The molecular weight excluding hydrogens is 427 g/mol. The Morgan fingerprint density at radius 2 is 1.60 bits per heavy atom. The highest BCUT2D eigenvalue weighted by Gasteiger charge is 2.24. The second-order valence-corrected chi connectivity index (χ2v) is 7.14. The van der Waals surface area contributed by atoms with Crippen LogP contribution in [0.4, 0.5) is 5.82 Å². The maximum absolute atomic E-state index is 12.7. The van der Waals surface area contributed by atoms with E-state index in [1.165, 1.54) is 0 Å². The fraction of sp³-hybridized carbons (Fsp3) is 0.211. The molecule has 0 saturated carbocycles. The summed E-state index contributed by atoms with van der Waals surface area (Å²) in [5.74, 6) is 0.981. The van der Waals surface area contributed by atoms with E-state index in [9.17, 15) is 4.79 Å². The Hall–Kier alpha value is -2.22. The van der Waals surface area contributed by atoms with Gasteiger partial charge in [0.25, 0.3) is 5.91 Å². The summed E-state index contributed by atoms with van der Waals surface area (Å²) < 4.78 is 0.993. The summed E-state index contributed by atoms with van der Waals surface area (Å²) in [5, 5.41) is 0. The molecule has 126 valence electrons. The Labute approximate surface area is 159 Å². The molecule has 0 N–H and O–H groups in total. The molecule has 1 saturated heterocycles. The Balaban J connectivity index is 1.47. The Morgan fingerprint density at radius 1 is 0.920 bits per heavy atom. The van der Waals surface area contributed by atoms with E-state index in [0.29, 0.717) is 13.1 Å². The van der Waals surface area contributed by atoms with Gasteiger partial charge >= 0.3 is 0 Å². The molecule has 0 unspecified atom stereocenters. The lowest BCUT2D eigenvalue weighted by Crippen LogP contribution is -2.49. The van der Waals surface area contributed by atoms with Crippen molar-refractivity contribution in [2.45, 2.75) is 0 Å². The van der Waals surface area contributed by atoms with Crippen LogP contribution in [0.15, 0.2) is 54.7 Å². The maximum atomic E-state index is 12.7. The molecule has 0 atom stereocenters. The summed E-state index contributed by atoms with van der Waals surface area (Å²) in [6.45, 7) is 2.92. The number of aromatic nitrogens is 2. The summed E-state index contributed by atoms with van der Waals surface area (Å²) >= 11 is 2.22. The van der Waals surface area contributed by atoms with Gasteiger partial charge in [-0.2, -0.15) is 0 Å². The minimum atomic E-state index is 0.106. The molecule has 3 aromatic rings. The van der Waals surface area contributed by atoms with Crippen LogP contribution in [-0.2, 0) is 0 Å². The van der Waals surface area contributed by atoms with Crippen LogP contribution in [0.2, 0.25) is 0 Å². The van der Waals surface area contributed by atoms with Gasteiger partial charge in [-0.3, -0.25) is 9.78 Å². The molecule has 4 rings (SSSR count). The van der Waals surface area contributed by atoms with Crippen LogP contribution in [-0.4, -0.2) is 47.0 Å². The van der Waals surface area contributed by atoms with Gasteiger partial charge in [-0.25, -0.2) is 4.98 Å². The number of rotatable bonds is 2. The smallest absolute Gasteiger partial charge is 0.255 e. The Morgan fingerprint density at radius 3 is 2.36 bits per heavy atom. The summed E-state index contributed by atoms with van der Waals surface area (Å²) in [6, 6.07) is 15.6. The first-order valence-electron chi connectivity index (χ1n) is 8.23. The zero-order valence-corrected chi connectivity index (χ0v) is 15.8. The lowest BCUT2D eigenvalue weighted by molar-refractivity contribution is 0.0745. The van der Waals surface area contributed by atoms with E-state index in [1.807, 2.05) is 59.6 Å². The van der Waals surface area contributed by atoms with Gasteiger partial charge < -0.3 is 9.80 Å². The van der Waals surface area contributed by atoms with Crippen molar-refractivity contribution in [1.82, 2.24) is 14.9 Å². The van der Waals surface area contributed by atoms with Gasteiger partial charge in [0.15, 0.2) is 0 Å². The number of amides is 1. The van der Waals surface area contributed by atoms with Crippen molar-refractivity contribution >= 4 is 45.3 Å². The molecule has 1 amide bonds. The molecule has 0 radical (unpaired) electrons. The summed E-state index contributed by atoms with van der Waals surface area (Å²) in [5.41, 5.74) is 2.58. The minimum absolute atomic E-state index is 0.106. The lowest BCUT2D eigenvalue weighted by Gasteiger charge is -2.35. The van der Waals surface area contributed by atoms with Crippen molar-refractivity contribution in [3.05, 3.63) is 63.9 Å². The minimum Gasteiger partial charge on any atom is -0.352 e. The van der Waals surface area contributed by atoms with Crippen molar-refractivity contribution in [1.29, 1.82) is 0 Å². The van der Waals surface area contributed by atoms with Crippen LogP contribution in [0, 0.1) is 3.57 Å². The molecule has 2 heterocycles. The lowest BCUT2D eigenvalue weighted by atomic mass is 10.2. The van der Waals surface area contributed by atoms with Gasteiger partial charge in [0, 0.05) is 29.7 Å². The highest BCUT2D eigenvalue weighted by molar-refractivity contribution is 14.1. The van der Waals surface area contributed by atoms with Crippen LogP contribution >= 0.6 is 22.6 Å². The highest BCUT2D eigenvalue weighted by atomic mass is 127. The average molecular weight is 444 g/mol. The van der Waals surface area contributed by atoms with Crippen molar-refractivity contribution in [2.24, 2.45) is 0 Å². The van der Waals surface area contributed by atoms with E-state index >= 15 is 0 Å². The van der Waals surface area contributed by atoms with Crippen molar-refractivity contribution < 1.29 is 4.79 Å². The fourth-order valence-corrected chi connectivity index (χ4v) is 3.66. The van der Waals surface area contributed by atoms with Crippen molar-refractivity contribution in [3.8, 4) is 0 Å². The van der Waals surface area contributed by atoms with E-state index in [-0.39, 0.29) is 5.91 Å². The fourth-order valence-electron chi connectivity index (χ4n) is 3.04. The molecule has 6 heteroatoms. The first-order valence-corrected chi connectivity index (χ1v) is 9.31. The quantitative estimate of drug-likeness (QED) is 0.570. The number of benzene rings is 2. The SMILES string of the molecule is O=C(c1ccccc1I)N1CCN(c2cnc3ccccc3n2)CC1. The van der Waals surface area contributed by atoms with Crippen molar-refractivity contribution in [2.75, 3.05) is 31.1 Å². The van der Waals surface area contributed by atoms with Crippen LogP contribution in [0.5, 0.6) is 0 Å². The maximum Gasteiger partial charge on any atom is 0.255 e. The summed E-state index contributed by atoms with van der Waals surface area (Å²) in [7, 11) is 0. The second-order valence-electron chi connectivity index (χ2n) is 5.98. The topological polar surface area (TPSA) is 49.3 Å². The van der Waals surface area contributed by atoms with Gasteiger partial charge in [-0.1, -0.05) is 24.3 Å². The molecule has 0 bridgehead atoms. The first-order chi connectivity index (χ1) is 12.2. The molecule has 1 fully saturated rings. The number of nitrogens with zero attached hydrogens (tertiary/aromatic N) is 4. The van der Waals surface area contributed by atoms with E-state index in [1.54, 1.807) is 0 Å². The van der Waals surface area contributed by atoms with Crippen LogP contribution in [0.1, 0.15) is 10.4 Å². The molecular formula is C19H17IN4O. The zero-order chi connectivity index (χ0) is 17.2. The Bertz CT molecular complexity index is 922. The van der Waals surface area contributed by atoms with Gasteiger partial charge in [0.2, 0.25) is 0 Å². The number of fused-ring (bicyclic) bond motifs is 1. The van der Waals surface area contributed by atoms with Gasteiger partial charge in [-0.15, -0.1) is 0 Å². The average Bonchev–Trinajstić information content (AvgIpc) is 2.67. The monoisotopic (exact) mass is 444 g/mol. The van der Waals surface area contributed by atoms with Gasteiger partial charge in [0.1, 0.15) is 5.82 Å². The number of hydrogen-bond donors (Lipinski definition) is 0. The number of halogens is 1. The Kier molecular flexibility index (Phi) is 4.52. The van der Waals surface area contributed by atoms with Gasteiger partial charge in [-0.05, 0) is 46.9 Å². The number of hydrogen-bond acceptors (Lipinski definition) is 4. The molecule has 25 heavy (non-hydrogen) atoms. The number of piperazine rings is 1. The van der Waals surface area contributed by atoms with E-state index < -0.39 is 0 Å². The van der Waals surface area contributed by atoms with E-state index in [0.717, 1.165) is 39.1 Å². The van der Waals surface area contributed by atoms with Crippen molar-refractivity contribution in [3.63, 3.8) is 0 Å². The third-order valence-corrected chi connectivity index (χ3v) is 5.37. The van der Waals surface area contributed by atoms with E-state index in [4.69, 9.17) is 4.98 Å². The predicted molar refractivity (Wildman–Crippen MR) is 107 cm³/mol. The van der Waals surface area contributed by atoms with Crippen LogP contribution in [0.25, 0.3) is 11.0 Å². The molecule has 1 aliphatic heterocycles. The molecule has 0 aliphatic carbocycles. The number of anilines is 1. The number of para-hydroxylation sites is 2. The standard InChI is InChI=1S/C19H17IN4O/c20-15-6-2-1-5-14(15)19(25)24-11-9-23(10-12-24)18-13-21-16-7-3-4-8-17(16)22-18/h1-8,13H,9-12H2. The molecule has 2 aromatic carbocycles. The zero-order valence-electron chi connectivity index (χ0n) is 13.6. The highest BCUT2D eigenvalue weighted by Crippen LogP contribution is 2.19. The molecule has 5 nitrogen and oxygen atoms in total. The third kappa shape index (κ3) is 3.30. The van der Waals surface area contributed by atoms with Gasteiger partial charge in [0.05, 0.1) is 22.8 Å². The number of carbonyl (C=O) groups excluding carboxylic acids is 1. The first kappa shape index (κ1) is 16.3. The second kappa shape index (κ2) is 6.95. The predicted octanol–water partition coefficient (Wildman–Crippen LogP) is 3.20. The molecule has 1 aromatic heterocycles. The molecule has 0 spiro atoms. The van der Waals surface area contributed by atoms with Crippen LogP contribution in [0.3, 0.4) is 0 Å². The summed E-state index contributed by atoms with van der Waals surface area (Å²) in [4.78, 5) is 26.0. The normalized spacial score (nSPS) is 14.8. The summed E-state index contributed by atoms with van der Waals surface area (Å²) in [6.07, 6.45) is 1.82. The van der Waals surface area contributed by atoms with E-state index in [2.05, 4.69) is 32.5 Å².